The number of nitriles is 1. The van der Waals surface area contributed by atoms with Gasteiger partial charge in [0.25, 0.3) is 5.91 Å². The number of nitrogens with one attached hydrogen (secondary N) is 2. The van der Waals surface area contributed by atoms with Crippen molar-refractivity contribution in [2.24, 2.45) is 0 Å². The second kappa shape index (κ2) is 11.0. The smallest absolute Gasteiger partial charge is 0.339 e. The number of anilines is 2. The molecule has 182 valence electrons. The van der Waals surface area contributed by atoms with Gasteiger partial charge in [-0.05, 0) is 60.2 Å². The molecule has 3 aromatic rings. The van der Waals surface area contributed by atoms with Gasteiger partial charge in [0.15, 0.2) is 0 Å². The molecule has 3 rings (SSSR count). The fraction of sp³-hybridized carbons (Fsp3) is 0.0400. The Kier molecular flexibility index (Phi) is 7.83. The molecule has 0 fully saturated rings. The number of carboxylic acids is 1. The molecule has 0 aliphatic rings. The van der Waals surface area contributed by atoms with Crippen LogP contribution in [-0.2, 0) is 19.7 Å². The van der Waals surface area contributed by atoms with Crippen molar-refractivity contribution in [2.75, 3.05) is 10.6 Å². The number of amides is 2. The van der Waals surface area contributed by atoms with Crippen LogP contribution >= 0.6 is 0 Å². The summed E-state index contributed by atoms with van der Waals surface area (Å²) in [5.74, 6) is -2.46. The van der Waals surface area contributed by atoms with E-state index in [1.807, 2.05) is 0 Å². The molecular formula is C25H19N3O7S. The van der Waals surface area contributed by atoms with Gasteiger partial charge in [0, 0.05) is 12.6 Å². The summed E-state index contributed by atoms with van der Waals surface area (Å²) in [6.07, 6.45) is 1.21. The quantitative estimate of drug-likeness (QED) is 0.237. The van der Waals surface area contributed by atoms with Crippen molar-refractivity contribution < 1.29 is 32.1 Å². The summed E-state index contributed by atoms with van der Waals surface area (Å²) in [6, 6.07) is 18.6. The van der Waals surface area contributed by atoms with Gasteiger partial charge in [-0.3, -0.25) is 9.59 Å². The molecule has 10 nitrogen and oxygen atoms in total. The Bertz CT molecular complexity index is 1510. The maximum Gasteiger partial charge on any atom is 0.339 e. The van der Waals surface area contributed by atoms with Gasteiger partial charge in [0.05, 0.1) is 11.3 Å². The number of benzene rings is 3. The first-order chi connectivity index (χ1) is 17.1. The molecule has 3 N–H and O–H groups in total. The Morgan fingerprint density at radius 2 is 1.67 bits per heavy atom. The SMILES string of the molecule is CC(=O)Nc1ccc(S(=O)(=O)Oc2cccc(/C=C(\C#N)C(=O)Nc3ccccc3C(=O)O)c2)cc1. The van der Waals surface area contributed by atoms with Gasteiger partial charge in [-0.2, -0.15) is 13.7 Å². The molecule has 0 heterocycles. The van der Waals surface area contributed by atoms with Gasteiger partial charge in [-0.15, -0.1) is 0 Å². The third-order valence-corrected chi connectivity index (χ3v) is 5.87. The Hall–Kier alpha value is -4.95. The van der Waals surface area contributed by atoms with E-state index in [0.717, 1.165) is 0 Å². The number of nitrogens with zero attached hydrogens (tertiary/aromatic N) is 1. The largest absolute Gasteiger partial charge is 0.478 e. The van der Waals surface area contributed by atoms with Crippen molar-refractivity contribution in [2.45, 2.75) is 11.8 Å². The predicted octanol–water partition coefficient (Wildman–Crippen LogP) is 3.66. The molecule has 0 bridgehead atoms. The zero-order chi connectivity index (χ0) is 26.3. The van der Waals surface area contributed by atoms with Gasteiger partial charge in [-0.25, -0.2) is 4.79 Å². The van der Waals surface area contributed by atoms with Crippen LogP contribution in [0.4, 0.5) is 11.4 Å². The van der Waals surface area contributed by atoms with E-state index in [4.69, 9.17) is 4.18 Å². The molecule has 0 saturated carbocycles. The Balaban J connectivity index is 1.80. The number of carbonyl (C=O) groups excluding carboxylic acids is 2. The molecule has 2 amide bonds. The lowest BCUT2D eigenvalue weighted by Crippen LogP contribution is -2.16. The van der Waals surface area contributed by atoms with Crippen LogP contribution in [0.15, 0.2) is 83.3 Å². The van der Waals surface area contributed by atoms with Gasteiger partial charge in [0.1, 0.15) is 22.3 Å². The Labute approximate surface area is 206 Å². The van der Waals surface area contributed by atoms with E-state index in [0.29, 0.717) is 11.3 Å². The van der Waals surface area contributed by atoms with Crippen LogP contribution in [0.1, 0.15) is 22.8 Å². The molecular weight excluding hydrogens is 486 g/mol. The number of carbonyl (C=O) groups is 3. The molecule has 0 aliphatic heterocycles. The predicted molar refractivity (Wildman–Crippen MR) is 131 cm³/mol. The normalized spacial score (nSPS) is 11.2. The molecule has 3 aromatic carbocycles. The fourth-order valence-corrected chi connectivity index (χ4v) is 3.95. The van der Waals surface area contributed by atoms with Gasteiger partial charge < -0.3 is 19.9 Å². The second-order valence-electron chi connectivity index (χ2n) is 7.29. The summed E-state index contributed by atoms with van der Waals surface area (Å²) in [4.78, 5) is 34.9. The van der Waals surface area contributed by atoms with E-state index in [2.05, 4.69) is 10.6 Å². The molecule has 36 heavy (non-hydrogen) atoms. The van der Waals surface area contributed by atoms with Gasteiger partial charge in [0.2, 0.25) is 5.91 Å². The van der Waals surface area contributed by atoms with Gasteiger partial charge in [-0.1, -0.05) is 24.3 Å². The van der Waals surface area contributed by atoms with Crippen molar-refractivity contribution in [1.29, 1.82) is 5.26 Å². The minimum Gasteiger partial charge on any atom is -0.478 e. The third-order valence-electron chi connectivity index (χ3n) is 4.61. The summed E-state index contributed by atoms with van der Waals surface area (Å²) >= 11 is 0. The average Bonchev–Trinajstić information content (AvgIpc) is 2.82. The van der Waals surface area contributed by atoms with Crippen LogP contribution in [0.5, 0.6) is 5.75 Å². The minimum atomic E-state index is -4.21. The summed E-state index contributed by atoms with van der Waals surface area (Å²) in [6.45, 7) is 1.32. The van der Waals surface area contributed by atoms with E-state index in [1.165, 1.54) is 85.8 Å². The Morgan fingerprint density at radius 1 is 0.972 bits per heavy atom. The maximum atomic E-state index is 12.6. The highest BCUT2D eigenvalue weighted by atomic mass is 32.2. The number of aromatic carboxylic acids is 1. The van der Waals surface area contributed by atoms with Crippen molar-refractivity contribution >= 4 is 45.4 Å². The summed E-state index contributed by atoms with van der Waals surface area (Å²) in [5.41, 5.74) is 0.241. The van der Waals surface area contributed by atoms with E-state index < -0.39 is 22.0 Å². The van der Waals surface area contributed by atoms with E-state index in [9.17, 15) is 33.2 Å². The molecule has 0 atom stereocenters. The van der Waals surface area contributed by atoms with Gasteiger partial charge >= 0.3 is 16.1 Å². The highest BCUT2D eigenvalue weighted by Crippen LogP contribution is 2.23. The minimum absolute atomic E-state index is 0.0175. The van der Waals surface area contributed by atoms with E-state index in [1.54, 1.807) is 6.07 Å². The maximum absolute atomic E-state index is 12.6. The number of hydrogen-bond acceptors (Lipinski definition) is 7. The second-order valence-corrected chi connectivity index (χ2v) is 8.84. The summed E-state index contributed by atoms with van der Waals surface area (Å²) in [5, 5.41) is 23.6. The monoisotopic (exact) mass is 505 g/mol. The molecule has 0 saturated heterocycles. The van der Waals surface area contributed by atoms with Crippen molar-refractivity contribution in [3.05, 3.63) is 89.5 Å². The fourth-order valence-electron chi connectivity index (χ4n) is 3.02. The average molecular weight is 506 g/mol. The third kappa shape index (κ3) is 6.55. The lowest BCUT2D eigenvalue weighted by Gasteiger charge is -2.09. The Morgan fingerprint density at radius 3 is 2.31 bits per heavy atom. The zero-order valence-corrected chi connectivity index (χ0v) is 19.6. The lowest BCUT2D eigenvalue weighted by atomic mass is 10.1. The van der Waals surface area contributed by atoms with Crippen LogP contribution < -0.4 is 14.8 Å². The van der Waals surface area contributed by atoms with Crippen molar-refractivity contribution in [1.82, 2.24) is 0 Å². The van der Waals surface area contributed by atoms with Crippen LogP contribution in [0, 0.1) is 11.3 Å². The first kappa shape index (κ1) is 25.7. The molecule has 0 aromatic heterocycles. The highest BCUT2D eigenvalue weighted by Gasteiger charge is 2.18. The standard InChI is InChI=1S/C25H19N3O7S/c1-16(29)27-19-9-11-21(12-10-19)36(33,34)35-20-6-4-5-17(14-20)13-18(15-26)24(30)28-23-8-3-2-7-22(23)25(31)32/h2-14H,1H3,(H,27,29)(H,28,30)(H,31,32)/b18-13+. The molecule has 0 radical (unpaired) electrons. The summed E-state index contributed by atoms with van der Waals surface area (Å²) in [7, 11) is -4.21. The number of carboxylic acid groups (broad SMARTS) is 1. The first-order valence-electron chi connectivity index (χ1n) is 10.3. The number of rotatable bonds is 8. The lowest BCUT2D eigenvalue weighted by molar-refractivity contribution is -0.114. The van der Waals surface area contributed by atoms with E-state index >= 15 is 0 Å². The number of para-hydroxylation sites is 1. The number of hydrogen-bond donors (Lipinski definition) is 3. The van der Waals surface area contributed by atoms with Crippen molar-refractivity contribution in [3.8, 4) is 11.8 Å². The topological polar surface area (TPSA) is 163 Å². The molecule has 0 unspecified atom stereocenters. The highest BCUT2D eigenvalue weighted by molar-refractivity contribution is 7.87. The molecule has 0 spiro atoms. The molecule has 0 aliphatic carbocycles. The van der Waals surface area contributed by atoms with Crippen LogP contribution in [0.2, 0.25) is 0 Å². The summed E-state index contributed by atoms with van der Waals surface area (Å²) < 4.78 is 30.4. The van der Waals surface area contributed by atoms with Crippen LogP contribution in [-0.4, -0.2) is 31.3 Å². The van der Waals surface area contributed by atoms with Crippen LogP contribution in [0.3, 0.4) is 0 Å². The van der Waals surface area contributed by atoms with Crippen molar-refractivity contribution in [3.63, 3.8) is 0 Å². The zero-order valence-electron chi connectivity index (χ0n) is 18.8. The molecule has 11 heteroatoms. The first-order valence-corrected chi connectivity index (χ1v) is 11.7. The van der Waals surface area contributed by atoms with E-state index in [-0.39, 0.29) is 33.4 Å². The van der Waals surface area contributed by atoms with Crippen LogP contribution in [0.25, 0.3) is 6.08 Å².